The molecule has 3 rings (SSSR count). The molecule has 0 radical (unpaired) electrons. The number of rotatable bonds is 6. The molecule has 6 nitrogen and oxygen atoms in total. The van der Waals surface area contributed by atoms with Crippen LogP contribution in [0.3, 0.4) is 0 Å². The molecule has 1 amide bonds. The molecule has 0 spiro atoms. The van der Waals surface area contributed by atoms with Crippen molar-refractivity contribution in [3.63, 3.8) is 0 Å². The Balaban J connectivity index is 1.66. The molecule has 0 bridgehead atoms. The number of nitrogens with zero attached hydrogens (tertiary/aromatic N) is 3. The smallest absolute Gasteiger partial charge is 0.233 e. The van der Waals surface area contributed by atoms with Crippen LogP contribution in [-0.2, 0) is 11.3 Å². The first kappa shape index (κ1) is 19.3. The Morgan fingerprint density at radius 1 is 1.22 bits per heavy atom. The van der Waals surface area contributed by atoms with E-state index >= 15 is 0 Å². The number of halogens is 1. The standard InChI is InChI=1S/C19H20ClN5OS/c1-12-7-3-5-9-15(12)17-23-24-19(25(17)21)27-13(2)18(26)22-11-14-8-4-6-10-16(14)20/h3-10,13H,11,21H2,1-2H3,(H,22,26)/t13-/m0/s1. The molecular weight excluding hydrogens is 382 g/mol. The number of nitrogens with two attached hydrogens (primary N) is 1. The van der Waals surface area contributed by atoms with E-state index in [1.165, 1.54) is 16.4 Å². The van der Waals surface area contributed by atoms with Gasteiger partial charge in [-0.25, -0.2) is 4.68 Å². The van der Waals surface area contributed by atoms with Crippen LogP contribution in [0.15, 0.2) is 53.7 Å². The monoisotopic (exact) mass is 401 g/mol. The number of aromatic nitrogens is 3. The van der Waals surface area contributed by atoms with Gasteiger partial charge in [0.15, 0.2) is 5.82 Å². The maximum Gasteiger partial charge on any atom is 0.233 e. The van der Waals surface area contributed by atoms with Gasteiger partial charge in [0.05, 0.1) is 5.25 Å². The molecule has 0 fully saturated rings. The number of amides is 1. The third-order valence-corrected chi connectivity index (χ3v) is 5.54. The molecule has 0 saturated heterocycles. The summed E-state index contributed by atoms with van der Waals surface area (Å²) in [5, 5.41) is 11.9. The number of nitrogens with one attached hydrogen (secondary N) is 1. The molecule has 140 valence electrons. The second-order valence-corrected chi connectivity index (χ2v) is 7.78. The third-order valence-electron chi connectivity index (χ3n) is 4.11. The Morgan fingerprint density at radius 2 is 1.93 bits per heavy atom. The molecule has 0 saturated carbocycles. The van der Waals surface area contributed by atoms with Gasteiger partial charge in [0.1, 0.15) is 0 Å². The first-order chi connectivity index (χ1) is 13.0. The minimum absolute atomic E-state index is 0.125. The molecule has 8 heteroatoms. The highest BCUT2D eigenvalue weighted by Crippen LogP contribution is 2.26. The highest BCUT2D eigenvalue weighted by atomic mass is 35.5. The minimum atomic E-state index is -0.385. The fourth-order valence-corrected chi connectivity index (χ4v) is 3.54. The Hall–Kier alpha value is -2.51. The summed E-state index contributed by atoms with van der Waals surface area (Å²) in [5.41, 5.74) is 2.84. The van der Waals surface area contributed by atoms with Gasteiger partial charge in [-0.1, -0.05) is 65.8 Å². The molecule has 0 unspecified atom stereocenters. The zero-order valence-electron chi connectivity index (χ0n) is 15.0. The zero-order valence-corrected chi connectivity index (χ0v) is 16.6. The van der Waals surface area contributed by atoms with Crippen molar-refractivity contribution in [1.82, 2.24) is 20.2 Å². The van der Waals surface area contributed by atoms with Crippen molar-refractivity contribution >= 4 is 29.3 Å². The van der Waals surface area contributed by atoms with Gasteiger partial charge in [-0.05, 0) is 31.0 Å². The van der Waals surface area contributed by atoms with Crippen LogP contribution in [0.5, 0.6) is 0 Å². The number of thioether (sulfide) groups is 1. The maximum atomic E-state index is 12.4. The van der Waals surface area contributed by atoms with E-state index < -0.39 is 0 Å². The van der Waals surface area contributed by atoms with Crippen LogP contribution in [0, 0.1) is 6.92 Å². The lowest BCUT2D eigenvalue weighted by Crippen LogP contribution is -2.31. The molecule has 0 aliphatic heterocycles. The van der Waals surface area contributed by atoms with E-state index in [2.05, 4.69) is 15.5 Å². The van der Waals surface area contributed by atoms with Gasteiger partial charge in [0, 0.05) is 17.1 Å². The third kappa shape index (κ3) is 4.43. The van der Waals surface area contributed by atoms with Crippen LogP contribution in [0.25, 0.3) is 11.4 Å². The van der Waals surface area contributed by atoms with Gasteiger partial charge in [-0.3, -0.25) is 4.79 Å². The van der Waals surface area contributed by atoms with Gasteiger partial charge >= 0.3 is 0 Å². The number of aryl methyl sites for hydroxylation is 1. The zero-order chi connectivity index (χ0) is 19.4. The van der Waals surface area contributed by atoms with Gasteiger partial charge in [0.2, 0.25) is 11.1 Å². The van der Waals surface area contributed by atoms with Crippen molar-refractivity contribution in [2.45, 2.75) is 30.8 Å². The van der Waals surface area contributed by atoms with Gasteiger partial charge < -0.3 is 11.2 Å². The highest BCUT2D eigenvalue weighted by Gasteiger charge is 2.20. The first-order valence-electron chi connectivity index (χ1n) is 8.41. The van der Waals surface area contributed by atoms with Crippen molar-refractivity contribution in [2.24, 2.45) is 0 Å². The van der Waals surface area contributed by atoms with Crippen LogP contribution in [-0.4, -0.2) is 26.0 Å². The molecule has 0 aliphatic carbocycles. The van der Waals surface area contributed by atoms with Crippen molar-refractivity contribution in [3.05, 3.63) is 64.7 Å². The summed E-state index contributed by atoms with van der Waals surface area (Å²) in [7, 11) is 0. The lowest BCUT2D eigenvalue weighted by molar-refractivity contribution is -0.120. The van der Waals surface area contributed by atoms with Gasteiger partial charge in [-0.2, -0.15) is 0 Å². The summed E-state index contributed by atoms with van der Waals surface area (Å²) < 4.78 is 1.42. The second kappa shape index (κ2) is 8.45. The topological polar surface area (TPSA) is 85.8 Å². The molecule has 1 aromatic heterocycles. The second-order valence-electron chi connectivity index (χ2n) is 6.06. The number of hydrogen-bond acceptors (Lipinski definition) is 5. The minimum Gasteiger partial charge on any atom is -0.351 e. The van der Waals surface area contributed by atoms with Crippen LogP contribution >= 0.6 is 23.4 Å². The van der Waals surface area contributed by atoms with E-state index in [4.69, 9.17) is 17.4 Å². The van der Waals surface area contributed by atoms with Gasteiger partial charge in [0.25, 0.3) is 0 Å². The van der Waals surface area contributed by atoms with Gasteiger partial charge in [-0.15, -0.1) is 10.2 Å². The van der Waals surface area contributed by atoms with E-state index in [9.17, 15) is 4.79 Å². The number of carbonyl (C=O) groups is 1. The lowest BCUT2D eigenvalue weighted by Gasteiger charge is -2.12. The summed E-state index contributed by atoms with van der Waals surface area (Å²) in [5.74, 6) is 6.60. The molecule has 0 aliphatic rings. The van der Waals surface area contributed by atoms with E-state index in [0.29, 0.717) is 22.5 Å². The summed E-state index contributed by atoms with van der Waals surface area (Å²) in [4.78, 5) is 12.4. The normalized spacial score (nSPS) is 12.0. The summed E-state index contributed by atoms with van der Waals surface area (Å²) in [6, 6.07) is 15.2. The molecular formula is C19H20ClN5OS. The quantitative estimate of drug-likeness (QED) is 0.488. The van der Waals surface area contributed by atoms with E-state index in [-0.39, 0.29) is 11.2 Å². The average Bonchev–Trinajstić information content (AvgIpc) is 3.01. The molecule has 2 aromatic carbocycles. The van der Waals surface area contributed by atoms with E-state index in [0.717, 1.165) is 16.7 Å². The molecule has 3 N–H and O–H groups in total. The van der Waals surface area contributed by atoms with E-state index in [1.807, 2.05) is 49.4 Å². The molecule has 3 aromatic rings. The van der Waals surface area contributed by atoms with Crippen LogP contribution in [0.4, 0.5) is 0 Å². The highest BCUT2D eigenvalue weighted by molar-refractivity contribution is 8.00. The summed E-state index contributed by atoms with van der Waals surface area (Å²) in [6.45, 7) is 4.16. The Kier molecular flexibility index (Phi) is 6.03. The maximum absolute atomic E-state index is 12.4. The number of hydrogen-bond donors (Lipinski definition) is 2. The lowest BCUT2D eigenvalue weighted by atomic mass is 10.1. The van der Waals surface area contributed by atoms with Crippen molar-refractivity contribution < 1.29 is 4.79 Å². The SMILES string of the molecule is Cc1ccccc1-c1nnc(S[C@@H](C)C(=O)NCc2ccccc2Cl)n1N. The van der Waals surface area contributed by atoms with Crippen molar-refractivity contribution in [2.75, 3.05) is 5.84 Å². The average molecular weight is 402 g/mol. The fraction of sp³-hybridized carbons (Fsp3) is 0.211. The summed E-state index contributed by atoms with van der Waals surface area (Å²) in [6.07, 6.45) is 0. The van der Waals surface area contributed by atoms with Crippen LogP contribution in [0.1, 0.15) is 18.1 Å². The van der Waals surface area contributed by atoms with Crippen LogP contribution in [0.2, 0.25) is 5.02 Å². The van der Waals surface area contributed by atoms with Crippen molar-refractivity contribution in [1.29, 1.82) is 0 Å². The van der Waals surface area contributed by atoms with Crippen LogP contribution < -0.4 is 11.2 Å². The Labute approximate surface area is 167 Å². The fourth-order valence-electron chi connectivity index (χ4n) is 2.54. The first-order valence-corrected chi connectivity index (χ1v) is 9.67. The Bertz CT molecular complexity index is 959. The predicted molar refractivity (Wildman–Crippen MR) is 109 cm³/mol. The Morgan fingerprint density at radius 3 is 2.67 bits per heavy atom. The van der Waals surface area contributed by atoms with E-state index in [1.54, 1.807) is 13.0 Å². The number of carbonyl (C=O) groups excluding carboxylic acids is 1. The number of nitrogen functional groups attached to an aromatic ring is 1. The molecule has 1 atom stereocenters. The molecule has 1 heterocycles. The largest absolute Gasteiger partial charge is 0.351 e. The predicted octanol–water partition coefficient (Wildman–Crippen LogP) is 3.42. The number of benzene rings is 2. The molecule has 27 heavy (non-hydrogen) atoms. The summed E-state index contributed by atoms with van der Waals surface area (Å²) >= 11 is 7.38. The van der Waals surface area contributed by atoms with Crippen molar-refractivity contribution in [3.8, 4) is 11.4 Å².